The van der Waals surface area contributed by atoms with Crippen molar-refractivity contribution in [2.75, 3.05) is 0 Å². The van der Waals surface area contributed by atoms with Gasteiger partial charge in [-0.15, -0.1) is 0 Å². The average Bonchev–Trinajstić information content (AvgIpc) is 2.44. The van der Waals surface area contributed by atoms with Crippen LogP contribution in [-0.4, -0.2) is 21.7 Å². The first-order valence-corrected chi connectivity index (χ1v) is 4.57. The number of nitrogens with zero attached hydrogens (tertiary/aromatic N) is 2. The van der Waals surface area contributed by atoms with E-state index in [1.807, 2.05) is 0 Å². The molecule has 1 heterocycles. The van der Waals surface area contributed by atoms with Gasteiger partial charge in [0.25, 0.3) is 0 Å². The van der Waals surface area contributed by atoms with Crippen molar-refractivity contribution in [1.82, 2.24) is 9.78 Å². The zero-order chi connectivity index (χ0) is 10.9. The number of carbonyl (C=O) groups excluding carboxylic acids is 1. The van der Waals surface area contributed by atoms with E-state index in [1.54, 1.807) is 24.7 Å². The number of nitrogens with two attached hydrogens (primary N) is 2. The van der Waals surface area contributed by atoms with E-state index in [0.29, 0.717) is 10.7 Å². The highest BCUT2D eigenvalue weighted by Gasteiger charge is 2.20. The van der Waals surface area contributed by atoms with E-state index in [1.165, 1.54) is 0 Å². The van der Waals surface area contributed by atoms with E-state index in [-0.39, 0.29) is 6.04 Å². The molecule has 0 spiro atoms. The molecule has 0 aliphatic carbocycles. The van der Waals surface area contributed by atoms with E-state index < -0.39 is 11.9 Å². The fraction of sp³-hybridized carbons (Fsp3) is 0.500. The second-order valence-corrected chi connectivity index (χ2v) is 3.62. The van der Waals surface area contributed by atoms with Gasteiger partial charge in [0, 0.05) is 6.20 Å². The van der Waals surface area contributed by atoms with Crippen molar-refractivity contribution in [3.05, 3.63) is 16.9 Å². The molecule has 0 aliphatic rings. The van der Waals surface area contributed by atoms with E-state index >= 15 is 0 Å². The molecule has 6 heteroatoms. The van der Waals surface area contributed by atoms with Crippen LogP contribution < -0.4 is 11.5 Å². The molecule has 1 amide bonds. The molecule has 1 rings (SSSR count). The SMILES string of the molecule is Cc1nn(C(C)C(N)C(N)=O)cc1Cl. The number of carbonyl (C=O) groups is 1. The molecule has 78 valence electrons. The van der Waals surface area contributed by atoms with Crippen LogP contribution in [-0.2, 0) is 4.79 Å². The van der Waals surface area contributed by atoms with Crippen LogP contribution in [0.25, 0.3) is 0 Å². The Morgan fingerprint density at radius 2 is 2.29 bits per heavy atom. The summed E-state index contributed by atoms with van der Waals surface area (Å²) in [6, 6.07) is -1.05. The van der Waals surface area contributed by atoms with Gasteiger partial charge in [-0.3, -0.25) is 9.48 Å². The Kier molecular flexibility index (Phi) is 3.13. The van der Waals surface area contributed by atoms with Gasteiger partial charge in [-0.05, 0) is 13.8 Å². The minimum Gasteiger partial charge on any atom is -0.368 e. The van der Waals surface area contributed by atoms with Gasteiger partial charge in [0.2, 0.25) is 5.91 Å². The van der Waals surface area contributed by atoms with Crippen LogP contribution in [0.4, 0.5) is 0 Å². The molecule has 0 aromatic carbocycles. The quantitative estimate of drug-likeness (QED) is 0.758. The van der Waals surface area contributed by atoms with Crippen LogP contribution in [0.15, 0.2) is 6.20 Å². The predicted octanol–water partition coefficient (Wildman–Crippen LogP) is 0.219. The molecule has 0 saturated heterocycles. The molecule has 0 bridgehead atoms. The van der Waals surface area contributed by atoms with Crippen LogP contribution >= 0.6 is 11.6 Å². The number of aryl methyl sites for hydroxylation is 1. The number of primary amides is 1. The number of aromatic nitrogens is 2. The van der Waals surface area contributed by atoms with Gasteiger partial charge in [-0.2, -0.15) is 5.10 Å². The Labute approximate surface area is 87.0 Å². The molecule has 1 aromatic rings. The molecule has 4 N–H and O–H groups in total. The van der Waals surface area contributed by atoms with E-state index in [4.69, 9.17) is 23.1 Å². The summed E-state index contributed by atoms with van der Waals surface area (Å²) < 4.78 is 1.55. The lowest BCUT2D eigenvalue weighted by Crippen LogP contribution is -2.42. The summed E-state index contributed by atoms with van der Waals surface area (Å²) in [7, 11) is 0. The number of hydrogen-bond acceptors (Lipinski definition) is 3. The van der Waals surface area contributed by atoms with E-state index in [2.05, 4.69) is 5.10 Å². The summed E-state index contributed by atoms with van der Waals surface area (Å²) >= 11 is 5.82. The standard InChI is InChI=1S/C8H13ClN4O/c1-4-6(9)3-13(12-4)5(2)7(10)8(11)14/h3,5,7H,10H2,1-2H3,(H2,11,14). The Hall–Kier alpha value is -1.07. The second-order valence-electron chi connectivity index (χ2n) is 3.21. The zero-order valence-electron chi connectivity index (χ0n) is 8.07. The molecular weight excluding hydrogens is 204 g/mol. The lowest BCUT2D eigenvalue weighted by atomic mass is 10.1. The van der Waals surface area contributed by atoms with Crippen molar-refractivity contribution in [3.8, 4) is 0 Å². The molecule has 0 aliphatic heterocycles. The van der Waals surface area contributed by atoms with Crippen LogP contribution in [0.3, 0.4) is 0 Å². The Balaban J connectivity index is 2.89. The topological polar surface area (TPSA) is 86.9 Å². The Morgan fingerprint density at radius 3 is 2.64 bits per heavy atom. The third kappa shape index (κ3) is 2.05. The first-order valence-electron chi connectivity index (χ1n) is 4.19. The normalized spacial score (nSPS) is 15.1. The van der Waals surface area contributed by atoms with Crippen LogP contribution in [0.2, 0.25) is 5.02 Å². The lowest BCUT2D eigenvalue weighted by molar-refractivity contribution is -0.120. The molecule has 14 heavy (non-hydrogen) atoms. The molecule has 0 fully saturated rings. The molecular formula is C8H13ClN4O. The van der Waals surface area contributed by atoms with Gasteiger partial charge in [0.05, 0.1) is 16.8 Å². The first-order chi connectivity index (χ1) is 6.43. The monoisotopic (exact) mass is 216 g/mol. The Bertz CT molecular complexity index is 330. The predicted molar refractivity (Wildman–Crippen MR) is 53.9 cm³/mol. The van der Waals surface area contributed by atoms with Crippen LogP contribution in [0.1, 0.15) is 18.7 Å². The molecule has 2 unspecified atom stereocenters. The third-order valence-electron chi connectivity index (χ3n) is 2.12. The van der Waals surface area contributed by atoms with Crippen molar-refractivity contribution >= 4 is 17.5 Å². The lowest BCUT2D eigenvalue weighted by Gasteiger charge is -2.16. The maximum Gasteiger partial charge on any atom is 0.236 e. The highest BCUT2D eigenvalue weighted by atomic mass is 35.5. The van der Waals surface area contributed by atoms with Crippen LogP contribution in [0, 0.1) is 6.92 Å². The van der Waals surface area contributed by atoms with Crippen molar-refractivity contribution < 1.29 is 4.79 Å². The average molecular weight is 217 g/mol. The van der Waals surface area contributed by atoms with E-state index in [9.17, 15) is 4.79 Å². The van der Waals surface area contributed by atoms with Crippen LogP contribution in [0.5, 0.6) is 0 Å². The molecule has 0 radical (unpaired) electrons. The first kappa shape index (κ1) is 11.0. The van der Waals surface area contributed by atoms with Gasteiger partial charge in [0.15, 0.2) is 0 Å². The van der Waals surface area contributed by atoms with Gasteiger partial charge in [-0.25, -0.2) is 0 Å². The number of rotatable bonds is 3. The molecule has 1 aromatic heterocycles. The Morgan fingerprint density at radius 1 is 1.71 bits per heavy atom. The minimum absolute atomic E-state index is 0.293. The highest BCUT2D eigenvalue weighted by molar-refractivity contribution is 6.31. The molecule has 2 atom stereocenters. The summed E-state index contributed by atoms with van der Waals surface area (Å²) in [6.07, 6.45) is 1.63. The highest BCUT2D eigenvalue weighted by Crippen LogP contribution is 2.16. The third-order valence-corrected chi connectivity index (χ3v) is 2.49. The minimum atomic E-state index is -0.759. The van der Waals surface area contributed by atoms with Gasteiger partial charge >= 0.3 is 0 Å². The fourth-order valence-electron chi connectivity index (χ4n) is 1.07. The summed E-state index contributed by atoms with van der Waals surface area (Å²) in [6.45, 7) is 3.54. The summed E-state index contributed by atoms with van der Waals surface area (Å²) in [5.41, 5.74) is 11.4. The molecule has 5 nitrogen and oxygen atoms in total. The summed E-state index contributed by atoms with van der Waals surface area (Å²) in [5, 5.41) is 4.66. The summed E-state index contributed by atoms with van der Waals surface area (Å²) in [4.78, 5) is 10.8. The van der Waals surface area contributed by atoms with Crippen molar-refractivity contribution in [2.24, 2.45) is 11.5 Å². The number of amides is 1. The fourth-order valence-corrected chi connectivity index (χ4v) is 1.21. The van der Waals surface area contributed by atoms with Crippen molar-refractivity contribution in [2.45, 2.75) is 25.9 Å². The van der Waals surface area contributed by atoms with E-state index in [0.717, 1.165) is 0 Å². The smallest absolute Gasteiger partial charge is 0.236 e. The maximum atomic E-state index is 10.8. The van der Waals surface area contributed by atoms with Gasteiger partial charge in [-0.1, -0.05) is 11.6 Å². The van der Waals surface area contributed by atoms with Gasteiger partial charge in [0.1, 0.15) is 6.04 Å². The second kappa shape index (κ2) is 3.98. The number of hydrogen-bond donors (Lipinski definition) is 2. The maximum absolute atomic E-state index is 10.8. The number of halogens is 1. The largest absolute Gasteiger partial charge is 0.368 e. The van der Waals surface area contributed by atoms with Gasteiger partial charge < -0.3 is 11.5 Å². The zero-order valence-corrected chi connectivity index (χ0v) is 8.82. The molecule has 0 saturated carbocycles. The summed E-state index contributed by atoms with van der Waals surface area (Å²) in [5.74, 6) is -0.554. The van der Waals surface area contributed by atoms with Crippen molar-refractivity contribution in [3.63, 3.8) is 0 Å². The van der Waals surface area contributed by atoms with Crippen molar-refractivity contribution in [1.29, 1.82) is 0 Å².